The van der Waals surface area contributed by atoms with E-state index in [-0.39, 0.29) is 17.9 Å². The molecule has 0 N–H and O–H groups in total. The molecule has 1 aromatic rings. The SMILES string of the molecule is N#Cc1ccc(OCC(Cl)C#N)cc1F. The molecule has 0 aliphatic heterocycles. The van der Waals surface area contributed by atoms with Crippen LogP contribution in [-0.4, -0.2) is 12.0 Å². The smallest absolute Gasteiger partial charge is 0.154 e. The van der Waals surface area contributed by atoms with Crippen LogP contribution in [0.2, 0.25) is 0 Å². The van der Waals surface area contributed by atoms with Gasteiger partial charge in [-0.1, -0.05) is 0 Å². The predicted molar refractivity (Wildman–Crippen MR) is 51.9 cm³/mol. The van der Waals surface area contributed by atoms with Crippen molar-refractivity contribution in [3.63, 3.8) is 0 Å². The summed E-state index contributed by atoms with van der Waals surface area (Å²) in [7, 11) is 0. The summed E-state index contributed by atoms with van der Waals surface area (Å²) in [6, 6.07) is 7.29. The summed E-state index contributed by atoms with van der Waals surface area (Å²) in [5, 5.41) is 16.1. The maximum atomic E-state index is 13.1. The highest BCUT2D eigenvalue weighted by Crippen LogP contribution is 2.16. The van der Waals surface area contributed by atoms with E-state index in [1.165, 1.54) is 12.1 Å². The third-order valence-corrected chi connectivity index (χ3v) is 1.82. The van der Waals surface area contributed by atoms with Crippen molar-refractivity contribution in [2.45, 2.75) is 5.38 Å². The van der Waals surface area contributed by atoms with E-state index in [9.17, 15) is 4.39 Å². The second-order valence-electron chi connectivity index (χ2n) is 2.66. The minimum atomic E-state index is -0.774. The third kappa shape index (κ3) is 3.12. The van der Waals surface area contributed by atoms with Gasteiger partial charge in [-0.15, -0.1) is 11.6 Å². The standard InChI is InChI=1S/C10H6ClFN2O/c11-8(5-14)6-15-9-2-1-7(4-13)10(12)3-9/h1-3,8H,6H2. The van der Waals surface area contributed by atoms with E-state index in [0.717, 1.165) is 6.07 Å². The van der Waals surface area contributed by atoms with Crippen molar-refractivity contribution in [3.05, 3.63) is 29.6 Å². The Morgan fingerprint density at radius 1 is 1.47 bits per heavy atom. The Morgan fingerprint density at radius 3 is 2.73 bits per heavy atom. The van der Waals surface area contributed by atoms with Crippen LogP contribution in [-0.2, 0) is 0 Å². The highest BCUT2D eigenvalue weighted by molar-refractivity contribution is 6.22. The van der Waals surface area contributed by atoms with Gasteiger partial charge in [-0.05, 0) is 12.1 Å². The number of hydrogen-bond acceptors (Lipinski definition) is 3. The third-order valence-electron chi connectivity index (χ3n) is 1.60. The molecule has 1 aromatic carbocycles. The van der Waals surface area contributed by atoms with Gasteiger partial charge in [-0.25, -0.2) is 4.39 Å². The summed E-state index contributed by atoms with van der Waals surface area (Å²) in [5.74, 6) is -0.412. The molecule has 0 aliphatic carbocycles. The van der Waals surface area contributed by atoms with Crippen LogP contribution in [0.3, 0.4) is 0 Å². The fourth-order valence-electron chi connectivity index (χ4n) is 0.883. The largest absolute Gasteiger partial charge is 0.491 e. The van der Waals surface area contributed by atoms with Crippen LogP contribution in [0.15, 0.2) is 18.2 Å². The Hall–Kier alpha value is -1.78. The molecular formula is C10H6ClFN2O. The molecule has 1 unspecified atom stereocenters. The van der Waals surface area contributed by atoms with Crippen molar-refractivity contribution < 1.29 is 9.13 Å². The van der Waals surface area contributed by atoms with E-state index >= 15 is 0 Å². The molecule has 15 heavy (non-hydrogen) atoms. The first-order valence-electron chi connectivity index (χ1n) is 4.03. The van der Waals surface area contributed by atoms with Crippen molar-refractivity contribution in [3.8, 4) is 17.9 Å². The van der Waals surface area contributed by atoms with E-state index < -0.39 is 11.2 Å². The van der Waals surface area contributed by atoms with Crippen molar-refractivity contribution in [2.24, 2.45) is 0 Å². The topological polar surface area (TPSA) is 56.8 Å². The van der Waals surface area contributed by atoms with Crippen LogP contribution in [0.5, 0.6) is 5.75 Å². The normalized spacial score (nSPS) is 11.2. The number of nitrogens with zero attached hydrogens (tertiary/aromatic N) is 2. The Labute approximate surface area is 91.3 Å². The molecule has 0 amide bonds. The summed E-state index contributed by atoms with van der Waals surface area (Å²) in [4.78, 5) is 0. The molecule has 1 atom stereocenters. The van der Waals surface area contributed by atoms with Gasteiger partial charge in [0.1, 0.15) is 24.2 Å². The zero-order valence-corrected chi connectivity index (χ0v) is 8.33. The van der Waals surface area contributed by atoms with Gasteiger partial charge < -0.3 is 4.74 Å². The van der Waals surface area contributed by atoms with E-state index in [1.807, 2.05) is 0 Å². The number of rotatable bonds is 3. The van der Waals surface area contributed by atoms with Gasteiger partial charge in [-0.3, -0.25) is 0 Å². The summed E-state index contributed by atoms with van der Waals surface area (Å²) < 4.78 is 18.1. The Kier molecular flexibility index (Phi) is 3.91. The molecule has 0 aromatic heterocycles. The van der Waals surface area contributed by atoms with Crippen molar-refractivity contribution in [1.29, 1.82) is 10.5 Å². The predicted octanol–water partition coefficient (Wildman–Crippen LogP) is 2.21. The summed E-state index contributed by atoms with van der Waals surface area (Å²) in [5.41, 5.74) is -0.0509. The van der Waals surface area contributed by atoms with Crippen LogP contribution in [0.25, 0.3) is 0 Å². The van der Waals surface area contributed by atoms with Crippen LogP contribution >= 0.6 is 11.6 Å². The molecule has 0 fully saturated rings. The van der Waals surface area contributed by atoms with Crippen LogP contribution in [0.1, 0.15) is 5.56 Å². The second-order valence-corrected chi connectivity index (χ2v) is 3.19. The highest BCUT2D eigenvalue weighted by atomic mass is 35.5. The lowest BCUT2D eigenvalue weighted by molar-refractivity contribution is 0.327. The fraction of sp³-hybridized carbons (Fsp3) is 0.200. The number of halogens is 2. The molecule has 0 radical (unpaired) electrons. The molecule has 1 rings (SSSR count). The second kappa shape index (κ2) is 5.19. The summed E-state index contributed by atoms with van der Waals surface area (Å²) in [6.07, 6.45) is 0. The number of benzene rings is 1. The average molecular weight is 225 g/mol. The molecule has 0 heterocycles. The molecule has 5 heteroatoms. The number of alkyl halides is 1. The molecule has 0 bridgehead atoms. The minimum Gasteiger partial charge on any atom is -0.491 e. The van der Waals surface area contributed by atoms with Gasteiger partial charge in [0.05, 0.1) is 11.6 Å². The van der Waals surface area contributed by atoms with Crippen LogP contribution in [0, 0.1) is 28.5 Å². The van der Waals surface area contributed by atoms with Crippen molar-refractivity contribution in [2.75, 3.05) is 6.61 Å². The Morgan fingerprint density at radius 2 is 2.20 bits per heavy atom. The van der Waals surface area contributed by atoms with E-state index in [1.54, 1.807) is 12.1 Å². The fourth-order valence-corrected chi connectivity index (χ4v) is 0.946. The molecule has 0 aliphatic rings. The Balaban J connectivity index is 2.70. The maximum Gasteiger partial charge on any atom is 0.154 e. The number of ether oxygens (including phenoxy) is 1. The van der Waals surface area contributed by atoms with Gasteiger partial charge in [0.15, 0.2) is 5.38 Å². The lowest BCUT2D eigenvalue weighted by atomic mass is 10.2. The summed E-state index contributed by atoms with van der Waals surface area (Å²) >= 11 is 5.48. The maximum absolute atomic E-state index is 13.1. The molecular weight excluding hydrogens is 219 g/mol. The van der Waals surface area contributed by atoms with E-state index in [0.29, 0.717) is 0 Å². The van der Waals surface area contributed by atoms with Gasteiger partial charge in [0.2, 0.25) is 0 Å². The highest BCUT2D eigenvalue weighted by Gasteiger charge is 2.06. The molecule has 3 nitrogen and oxygen atoms in total. The average Bonchev–Trinajstić information content (AvgIpc) is 2.26. The minimum absolute atomic E-state index is 0.0244. The zero-order chi connectivity index (χ0) is 11.3. The van der Waals surface area contributed by atoms with Gasteiger partial charge in [0.25, 0.3) is 0 Å². The van der Waals surface area contributed by atoms with Crippen LogP contribution in [0.4, 0.5) is 4.39 Å². The van der Waals surface area contributed by atoms with Gasteiger partial charge in [-0.2, -0.15) is 10.5 Å². The number of nitriles is 2. The molecule has 0 spiro atoms. The van der Waals surface area contributed by atoms with Crippen LogP contribution < -0.4 is 4.74 Å². The first kappa shape index (κ1) is 11.3. The first-order chi connectivity index (χ1) is 7.17. The zero-order valence-electron chi connectivity index (χ0n) is 7.58. The molecule has 0 saturated carbocycles. The molecule has 0 saturated heterocycles. The number of hydrogen-bond donors (Lipinski definition) is 0. The van der Waals surface area contributed by atoms with Crippen molar-refractivity contribution >= 4 is 11.6 Å². The van der Waals surface area contributed by atoms with Gasteiger partial charge >= 0.3 is 0 Å². The lowest BCUT2D eigenvalue weighted by Crippen LogP contribution is -2.09. The van der Waals surface area contributed by atoms with Crippen molar-refractivity contribution in [1.82, 2.24) is 0 Å². The molecule has 76 valence electrons. The van der Waals surface area contributed by atoms with E-state index in [4.69, 9.17) is 26.9 Å². The van der Waals surface area contributed by atoms with Gasteiger partial charge in [0, 0.05) is 6.07 Å². The Bertz CT molecular complexity index is 436. The monoisotopic (exact) mass is 224 g/mol. The van der Waals surface area contributed by atoms with E-state index in [2.05, 4.69) is 0 Å². The lowest BCUT2D eigenvalue weighted by Gasteiger charge is -2.06. The quantitative estimate of drug-likeness (QED) is 0.740. The summed E-state index contributed by atoms with van der Waals surface area (Å²) in [6.45, 7) is -0.0244. The first-order valence-corrected chi connectivity index (χ1v) is 4.47.